The third-order valence-electron chi connectivity index (χ3n) is 4.76. The van der Waals surface area contributed by atoms with E-state index in [-0.39, 0.29) is 0 Å². The Kier molecular flexibility index (Phi) is 6.15. The van der Waals surface area contributed by atoms with Gasteiger partial charge in [-0.05, 0) is 50.5 Å². The highest BCUT2D eigenvalue weighted by molar-refractivity contribution is 5.78. The van der Waals surface area contributed by atoms with Gasteiger partial charge >= 0.3 is 0 Å². The zero-order chi connectivity index (χ0) is 13.5. The molecular weight excluding hydrogens is 236 g/mol. The van der Waals surface area contributed by atoms with E-state index in [2.05, 4.69) is 12.2 Å². The molecule has 19 heavy (non-hydrogen) atoms. The largest absolute Gasteiger partial charge is 0.342 e. The molecule has 1 aliphatic heterocycles. The minimum absolute atomic E-state index is 0.303. The Morgan fingerprint density at radius 3 is 2.68 bits per heavy atom. The first-order chi connectivity index (χ1) is 9.25. The predicted molar refractivity (Wildman–Crippen MR) is 79.0 cm³/mol. The van der Waals surface area contributed by atoms with Crippen LogP contribution in [0.2, 0.25) is 0 Å². The first-order valence-corrected chi connectivity index (χ1v) is 8.24. The lowest BCUT2D eigenvalue weighted by Crippen LogP contribution is -2.41. The minimum atomic E-state index is 0.303. The maximum absolute atomic E-state index is 12.0. The maximum Gasteiger partial charge on any atom is 0.236 e. The summed E-state index contributed by atoms with van der Waals surface area (Å²) < 4.78 is 0. The molecule has 2 aliphatic rings. The molecule has 0 bridgehead atoms. The molecule has 3 nitrogen and oxygen atoms in total. The van der Waals surface area contributed by atoms with E-state index in [1.54, 1.807) is 0 Å². The number of carbonyl (C=O) groups excluding carboxylic acids is 1. The zero-order valence-electron chi connectivity index (χ0n) is 12.5. The Hall–Kier alpha value is -0.570. The van der Waals surface area contributed by atoms with Crippen LogP contribution in [0.15, 0.2) is 0 Å². The Bertz CT molecular complexity index is 274. The molecule has 1 heterocycles. The molecule has 2 atom stereocenters. The van der Waals surface area contributed by atoms with Crippen LogP contribution < -0.4 is 5.32 Å². The summed E-state index contributed by atoms with van der Waals surface area (Å²) in [5, 5.41) is 3.35. The van der Waals surface area contributed by atoms with Crippen molar-refractivity contribution in [2.45, 2.75) is 58.3 Å². The molecule has 0 spiro atoms. The van der Waals surface area contributed by atoms with E-state index in [0.29, 0.717) is 12.5 Å². The highest BCUT2D eigenvalue weighted by Crippen LogP contribution is 2.30. The van der Waals surface area contributed by atoms with Crippen molar-refractivity contribution in [3.63, 3.8) is 0 Å². The fraction of sp³-hybridized carbons (Fsp3) is 0.938. The highest BCUT2D eigenvalue weighted by Gasteiger charge is 2.19. The van der Waals surface area contributed by atoms with Crippen molar-refractivity contribution in [2.75, 3.05) is 26.2 Å². The van der Waals surface area contributed by atoms with E-state index < -0.39 is 0 Å². The maximum atomic E-state index is 12.0. The summed E-state index contributed by atoms with van der Waals surface area (Å²) in [6.07, 6.45) is 10.5. The fourth-order valence-corrected chi connectivity index (χ4v) is 3.58. The van der Waals surface area contributed by atoms with E-state index >= 15 is 0 Å². The molecule has 2 unspecified atom stereocenters. The van der Waals surface area contributed by atoms with Crippen molar-refractivity contribution in [1.82, 2.24) is 10.2 Å². The molecule has 2 rings (SSSR count). The molecule has 0 aromatic carbocycles. The number of hydrogen-bond donors (Lipinski definition) is 1. The van der Waals surface area contributed by atoms with E-state index in [9.17, 15) is 4.79 Å². The monoisotopic (exact) mass is 266 g/mol. The lowest BCUT2D eigenvalue weighted by atomic mass is 9.81. The van der Waals surface area contributed by atoms with Gasteiger partial charge in [0.2, 0.25) is 5.91 Å². The molecule has 1 aliphatic carbocycles. The number of nitrogens with one attached hydrogen (secondary N) is 1. The summed E-state index contributed by atoms with van der Waals surface area (Å²) in [6.45, 7) is 5.88. The lowest BCUT2D eigenvalue weighted by molar-refractivity contribution is -0.131. The summed E-state index contributed by atoms with van der Waals surface area (Å²) in [6, 6.07) is 0. The van der Waals surface area contributed by atoms with Crippen LogP contribution in [0.5, 0.6) is 0 Å². The third kappa shape index (κ3) is 5.13. The van der Waals surface area contributed by atoms with Crippen molar-refractivity contribution in [1.29, 1.82) is 0 Å². The second-order valence-corrected chi connectivity index (χ2v) is 6.54. The van der Waals surface area contributed by atoms with Crippen LogP contribution in [-0.4, -0.2) is 37.0 Å². The normalized spacial score (nSPS) is 28.4. The van der Waals surface area contributed by atoms with E-state index in [1.165, 1.54) is 51.4 Å². The van der Waals surface area contributed by atoms with Gasteiger partial charge < -0.3 is 10.2 Å². The Labute approximate surface area is 118 Å². The number of carbonyl (C=O) groups is 1. The fourth-order valence-electron chi connectivity index (χ4n) is 3.58. The van der Waals surface area contributed by atoms with Crippen LogP contribution in [0.1, 0.15) is 58.3 Å². The summed E-state index contributed by atoms with van der Waals surface area (Å²) in [4.78, 5) is 14.0. The SMILES string of the molecule is CC1CCCC(CCNCC(=O)N2CCCCC2)C1. The molecule has 0 aromatic heterocycles. The first-order valence-electron chi connectivity index (χ1n) is 8.24. The van der Waals surface area contributed by atoms with Gasteiger partial charge in [-0.15, -0.1) is 0 Å². The van der Waals surface area contributed by atoms with Crippen LogP contribution in [0.3, 0.4) is 0 Å². The van der Waals surface area contributed by atoms with Crippen molar-refractivity contribution >= 4 is 5.91 Å². The lowest BCUT2D eigenvalue weighted by Gasteiger charge is -2.28. The topological polar surface area (TPSA) is 32.3 Å². The molecule has 1 N–H and O–H groups in total. The van der Waals surface area contributed by atoms with Crippen LogP contribution >= 0.6 is 0 Å². The van der Waals surface area contributed by atoms with Crippen LogP contribution in [0.4, 0.5) is 0 Å². The molecule has 0 radical (unpaired) electrons. The van der Waals surface area contributed by atoms with Gasteiger partial charge in [0.25, 0.3) is 0 Å². The molecule has 2 fully saturated rings. The smallest absolute Gasteiger partial charge is 0.236 e. The first kappa shape index (κ1) is 14.8. The van der Waals surface area contributed by atoms with Crippen molar-refractivity contribution in [3.8, 4) is 0 Å². The van der Waals surface area contributed by atoms with Gasteiger partial charge in [-0.25, -0.2) is 0 Å². The number of amides is 1. The molecular formula is C16H30N2O. The van der Waals surface area contributed by atoms with Crippen molar-refractivity contribution in [3.05, 3.63) is 0 Å². The molecule has 1 saturated carbocycles. The number of hydrogen-bond acceptors (Lipinski definition) is 2. The van der Waals surface area contributed by atoms with Crippen LogP contribution in [0, 0.1) is 11.8 Å². The van der Waals surface area contributed by atoms with E-state index in [4.69, 9.17) is 0 Å². The van der Waals surface area contributed by atoms with Crippen molar-refractivity contribution in [2.24, 2.45) is 11.8 Å². The summed E-state index contributed by atoms with van der Waals surface area (Å²) in [5.74, 6) is 2.10. The van der Waals surface area contributed by atoms with Gasteiger partial charge in [0.05, 0.1) is 6.54 Å². The Morgan fingerprint density at radius 1 is 1.16 bits per heavy atom. The van der Waals surface area contributed by atoms with Crippen LogP contribution in [-0.2, 0) is 4.79 Å². The average Bonchev–Trinajstić information content (AvgIpc) is 2.44. The van der Waals surface area contributed by atoms with Crippen molar-refractivity contribution < 1.29 is 4.79 Å². The average molecular weight is 266 g/mol. The van der Waals surface area contributed by atoms with E-state index in [0.717, 1.165) is 31.5 Å². The van der Waals surface area contributed by atoms with E-state index in [1.807, 2.05) is 4.90 Å². The number of piperidine rings is 1. The quantitative estimate of drug-likeness (QED) is 0.776. The number of nitrogens with zero attached hydrogens (tertiary/aromatic N) is 1. The number of rotatable bonds is 5. The minimum Gasteiger partial charge on any atom is -0.342 e. The van der Waals surface area contributed by atoms with Crippen LogP contribution in [0.25, 0.3) is 0 Å². The zero-order valence-corrected chi connectivity index (χ0v) is 12.5. The van der Waals surface area contributed by atoms with Gasteiger partial charge in [0.15, 0.2) is 0 Å². The number of likely N-dealkylation sites (tertiary alicyclic amines) is 1. The van der Waals surface area contributed by atoms with Gasteiger partial charge in [0.1, 0.15) is 0 Å². The van der Waals surface area contributed by atoms with Gasteiger partial charge in [-0.1, -0.05) is 26.2 Å². The molecule has 0 aromatic rings. The van der Waals surface area contributed by atoms with Gasteiger partial charge in [-0.3, -0.25) is 4.79 Å². The summed E-state index contributed by atoms with van der Waals surface area (Å²) in [5.41, 5.74) is 0. The highest BCUT2D eigenvalue weighted by atomic mass is 16.2. The molecule has 1 saturated heterocycles. The third-order valence-corrected chi connectivity index (χ3v) is 4.76. The summed E-state index contributed by atoms with van der Waals surface area (Å²) in [7, 11) is 0. The predicted octanol–water partition coefficient (Wildman–Crippen LogP) is 2.80. The second-order valence-electron chi connectivity index (χ2n) is 6.54. The molecule has 1 amide bonds. The van der Waals surface area contributed by atoms with Gasteiger partial charge in [0, 0.05) is 13.1 Å². The van der Waals surface area contributed by atoms with Gasteiger partial charge in [-0.2, -0.15) is 0 Å². The standard InChI is InChI=1S/C16H30N2O/c1-14-6-5-7-15(12-14)8-9-17-13-16(19)18-10-3-2-4-11-18/h14-15,17H,2-13H2,1H3. The second kappa shape index (κ2) is 7.88. The Balaban J connectivity index is 1.54. The molecule has 110 valence electrons. The summed E-state index contributed by atoms with van der Waals surface area (Å²) >= 11 is 0. The Morgan fingerprint density at radius 2 is 1.95 bits per heavy atom. The molecule has 3 heteroatoms.